The van der Waals surface area contributed by atoms with Crippen LogP contribution in [-0.4, -0.2) is 27.6 Å². The number of hydrogen-bond donors (Lipinski definition) is 1. The maximum atomic E-state index is 10.8. The van der Waals surface area contributed by atoms with E-state index in [2.05, 4.69) is 39.5 Å². The number of aliphatic hydroxyl groups is 1. The van der Waals surface area contributed by atoms with Crippen LogP contribution in [0.2, 0.25) is 0 Å². The SMILES string of the molecule is CCC1(C)CCC(C)C(C)(CC)N1CC(O)c1ccccc1. The van der Waals surface area contributed by atoms with Crippen molar-refractivity contribution in [2.75, 3.05) is 6.54 Å². The van der Waals surface area contributed by atoms with Gasteiger partial charge in [0.2, 0.25) is 0 Å². The van der Waals surface area contributed by atoms with Crippen molar-refractivity contribution in [1.82, 2.24) is 4.90 Å². The Morgan fingerprint density at radius 3 is 2.36 bits per heavy atom. The minimum atomic E-state index is -0.414. The number of piperidine rings is 1. The van der Waals surface area contributed by atoms with Crippen LogP contribution in [-0.2, 0) is 0 Å². The van der Waals surface area contributed by atoms with E-state index < -0.39 is 6.10 Å². The van der Waals surface area contributed by atoms with Crippen molar-refractivity contribution in [2.24, 2.45) is 5.92 Å². The first-order valence-corrected chi connectivity index (χ1v) is 8.88. The molecule has 1 fully saturated rings. The van der Waals surface area contributed by atoms with Crippen molar-refractivity contribution >= 4 is 0 Å². The van der Waals surface area contributed by atoms with Crippen LogP contribution in [0.3, 0.4) is 0 Å². The average molecular weight is 303 g/mol. The Morgan fingerprint density at radius 1 is 1.18 bits per heavy atom. The molecule has 1 aliphatic heterocycles. The van der Waals surface area contributed by atoms with Crippen LogP contribution in [0.1, 0.15) is 72.0 Å². The molecule has 1 aliphatic rings. The lowest BCUT2D eigenvalue weighted by Gasteiger charge is -2.59. The Hall–Kier alpha value is -0.860. The third kappa shape index (κ3) is 3.09. The largest absolute Gasteiger partial charge is 0.387 e. The summed E-state index contributed by atoms with van der Waals surface area (Å²) in [5.74, 6) is 0.667. The van der Waals surface area contributed by atoms with Gasteiger partial charge in [0.05, 0.1) is 6.10 Å². The van der Waals surface area contributed by atoms with Gasteiger partial charge in [0.1, 0.15) is 0 Å². The van der Waals surface area contributed by atoms with Crippen LogP contribution in [0, 0.1) is 5.92 Å². The number of benzene rings is 1. The van der Waals surface area contributed by atoms with Crippen molar-refractivity contribution < 1.29 is 5.11 Å². The molecule has 0 aliphatic carbocycles. The summed E-state index contributed by atoms with van der Waals surface area (Å²) < 4.78 is 0. The third-order valence-corrected chi connectivity index (χ3v) is 6.46. The number of likely N-dealkylation sites (tertiary alicyclic amines) is 1. The topological polar surface area (TPSA) is 23.5 Å². The molecule has 0 spiro atoms. The molecule has 1 saturated heterocycles. The third-order valence-electron chi connectivity index (χ3n) is 6.46. The van der Waals surface area contributed by atoms with Crippen molar-refractivity contribution in [3.63, 3.8) is 0 Å². The van der Waals surface area contributed by atoms with Crippen LogP contribution < -0.4 is 0 Å². The molecule has 22 heavy (non-hydrogen) atoms. The standard InChI is InChI=1S/C20H33NO/c1-6-19(4)14-13-16(3)20(5,7-2)21(19)15-18(22)17-11-9-8-10-12-17/h8-12,16,18,22H,6-7,13-15H2,1-5H3. The van der Waals surface area contributed by atoms with Crippen molar-refractivity contribution in [3.8, 4) is 0 Å². The van der Waals surface area contributed by atoms with Crippen LogP contribution in [0.4, 0.5) is 0 Å². The minimum absolute atomic E-state index is 0.165. The number of hydrogen-bond acceptors (Lipinski definition) is 2. The molecular formula is C20H33NO. The molecule has 0 amide bonds. The molecule has 2 nitrogen and oxygen atoms in total. The molecule has 1 heterocycles. The van der Waals surface area contributed by atoms with E-state index in [-0.39, 0.29) is 11.1 Å². The Balaban J connectivity index is 2.29. The Labute approximate surface area is 136 Å². The fourth-order valence-corrected chi connectivity index (χ4v) is 4.15. The maximum absolute atomic E-state index is 10.8. The monoisotopic (exact) mass is 303 g/mol. The first kappa shape index (κ1) is 17.5. The molecule has 0 aromatic heterocycles. The van der Waals surface area contributed by atoms with Gasteiger partial charge in [0.15, 0.2) is 0 Å². The second-order valence-corrected chi connectivity index (χ2v) is 7.54. The Kier molecular flexibility index (Phi) is 5.34. The van der Waals surface area contributed by atoms with Gasteiger partial charge in [-0.1, -0.05) is 51.1 Å². The second-order valence-electron chi connectivity index (χ2n) is 7.54. The highest BCUT2D eigenvalue weighted by molar-refractivity contribution is 5.18. The average Bonchev–Trinajstić information content (AvgIpc) is 2.56. The normalized spacial score (nSPS) is 34.5. The highest BCUT2D eigenvalue weighted by atomic mass is 16.3. The van der Waals surface area contributed by atoms with Gasteiger partial charge < -0.3 is 5.11 Å². The zero-order valence-corrected chi connectivity index (χ0v) is 15.0. The van der Waals surface area contributed by atoms with E-state index in [0.29, 0.717) is 5.92 Å². The first-order chi connectivity index (χ1) is 10.4. The summed E-state index contributed by atoms with van der Waals surface area (Å²) in [6.45, 7) is 12.4. The fourth-order valence-electron chi connectivity index (χ4n) is 4.15. The van der Waals surface area contributed by atoms with E-state index in [4.69, 9.17) is 0 Å². The van der Waals surface area contributed by atoms with Crippen molar-refractivity contribution in [3.05, 3.63) is 35.9 Å². The molecule has 2 heteroatoms. The minimum Gasteiger partial charge on any atom is -0.387 e. The summed E-state index contributed by atoms with van der Waals surface area (Å²) in [7, 11) is 0. The van der Waals surface area contributed by atoms with Crippen LogP contribution in [0.15, 0.2) is 30.3 Å². The predicted molar refractivity (Wildman–Crippen MR) is 93.9 cm³/mol. The highest BCUT2D eigenvalue weighted by Gasteiger charge is 2.48. The van der Waals surface area contributed by atoms with Gasteiger partial charge in [-0.15, -0.1) is 0 Å². The van der Waals surface area contributed by atoms with Gasteiger partial charge in [0, 0.05) is 17.6 Å². The molecule has 1 aromatic rings. The predicted octanol–water partition coefficient (Wildman–Crippen LogP) is 4.79. The van der Waals surface area contributed by atoms with Gasteiger partial charge in [-0.2, -0.15) is 0 Å². The van der Waals surface area contributed by atoms with Gasteiger partial charge in [-0.05, 0) is 51.0 Å². The van der Waals surface area contributed by atoms with E-state index in [9.17, 15) is 5.11 Å². The summed E-state index contributed by atoms with van der Waals surface area (Å²) in [5, 5.41) is 10.8. The maximum Gasteiger partial charge on any atom is 0.0917 e. The summed E-state index contributed by atoms with van der Waals surface area (Å²) in [6.07, 6.45) is 4.36. The number of β-amino-alcohol motifs (C(OH)–C–C–N with tert-alkyl or cyclic N) is 1. The van der Waals surface area contributed by atoms with E-state index in [0.717, 1.165) is 24.9 Å². The lowest BCUT2D eigenvalue weighted by atomic mass is 9.69. The molecule has 124 valence electrons. The van der Waals surface area contributed by atoms with Gasteiger partial charge in [0.25, 0.3) is 0 Å². The van der Waals surface area contributed by atoms with E-state index in [1.165, 1.54) is 12.8 Å². The highest BCUT2D eigenvalue weighted by Crippen LogP contribution is 2.46. The van der Waals surface area contributed by atoms with Gasteiger partial charge in [-0.25, -0.2) is 0 Å². The molecule has 4 unspecified atom stereocenters. The number of rotatable bonds is 5. The molecule has 1 N–H and O–H groups in total. The fraction of sp³-hybridized carbons (Fsp3) is 0.700. The zero-order valence-electron chi connectivity index (χ0n) is 15.0. The lowest BCUT2D eigenvalue weighted by molar-refractivity contribution is -0.101. The molecule has 0 bridgehead atoms. The first-order valence-electron chi connectivity index (χ1n) is 8.88. The van der Waals surface area contributed by atoms with Crippen molar-refractivity contribution in [2.45, 2.75) is 77.5 Å². The molecule has 2 rings (SSSR count). The summed E-state index contributed by atoms with van der Waals surface area (Å²) in [6, 6.07) is 10.1. The molecule has 1 aromatic carbocycles. The van der Waals surface area contributed by atoms with E-state index in [1.807, 2.05) is 30.3 Å². The molecule has 0 saturated carbocycles. The quantitative estimate of drug-likeness (QED) is 0.845. The lowest BCUT2D eigenvalue weighted by Crippen LogP contribution is -2.64. The smallest absolute Gasteiger partial charge is 0.0917 e. The number of aliphatic hydroxyl groups excluding tert-OH is 1. The van der Waals surface area contributed by atoms with E-state index >= 15 is 0 Å². The van der Waals surface area contributed by atoms with Crippen LogP contribution in [0.5, 0.6) is 0 Å². The summed E-state index contributed by atoms with van der Waals surface area (Å²) in [5.41, 5.74) is 1.38. The number of nitrogens with zero attached hydrogens (tertiary/aromatic N) is 1. The van der Waals surface area contributed by atoms with Gasteiger partial charge in [-0.3, -0.25) is 4.90 Å². The molecular weight excluding hydrogens is 270 g/mol. The second kappa shape index (κ2) is 6.72. The van der Waals surface area contributed by atoms with Crippen molar-refractivity contribution in [1.29, 1.82) is 0 Å². The zero-order chi connectivity index (χ0) is 16.4. The van der Waals surface area contributed by atoms with Gasteiger partial charge >= 0.3 is 0 Å². The summed E-state index contributed by atoms with van der Waals surface area (Å²) >= 11 is 0. The van der Waals surface area contributed by atoms with Crippen LogP contribution in [0.25, 0.3) is 0 Å². The molecule has 0 radical (unpaired) electrons. The summed E-state index contributed by atoms with van der Waals surface area (Å²) in [4.78, 5) is 2.62. The van der Waals surface area contributed by atoms with Crippen LogP contribution >= 0.6 is 0 Å². The van der Waals surface area contributed by atoms with E-state index in [1.54, 1.807) is 0 Å². The molecule has 4 atom stereocenters. The Morgan fingerprint density at radius 2 is 1.82 bits per heavy atom. The Bertz CT molecular complexity index is 474.